The fraction of sp³-hybridized carbons (Fsp3) is 1.00. The van der Waals surface area contributed by atoms with Gasteiger partial charge in [0, 0.05) is 26.4 Å². The van der Waals surface area contributed by atoms with Crippen molar-refractivity contribution in [2.75, 3.05) is 26.9 Å². The number of hydrogen-bond acceptors (Lipinski definition) is 4. The molecule has 1 aliphatic heterocycles. The minimum Gasteiger partial charge on any atom is -0.383 e. The van der Waals surface area contributed by atoms with E-state index < -0.39 is 0 Å². The maximum Gasteiger partial charge on any atom is 0.0629 e. The van der Waals surface area contributed by atoms with E-state index in [1.54, 1.807) is 7.11 Å². The number of ether oxygens (including phenoxy) is 2. The van der Waals surface area contributed by atoms with Gasteiger partial charge >= 0.3 is 0 Å². The van der Waals surface area contributed by atoms with Crippen molar-refractivity contribution < 1.29 is 9.47 Å². The van der Waals surface area contributed by atoms with Crippen LogP contribution in [-0.4, -0.2) is 33.0 Å². The standard InChI is InChI=1S/C8H18N2O2/c1-11-6-8(10-9)4-7-2-3-12-5-7/h7-8,10H,2-6,9H2,1H3. The molecular formula is C8H18N2O2. The lowest BCUT2D eigenvalue weighted by atomic mass is 10.0. The summed E-state index contributed by atoms with van der Waals surface area (Å²) in [4.78, 5) is 0. The van der Waals surface area contributed by atoms with Gasteiger partial charge in [-0.3, -0.25) is 11.3 Å². The lowest BCUT2D eigenvalue weighted by Gasteiger charge is -2.17. The van der Waals surface area contributed by atoms with Crippen LogP contribution in [0.15, 0.2) is 0 Å². The van der Waals surface area contributed by atoms with Gasteiger partial charge in [-0.05, 0) is 18.8 Å². The lowest BCUT2D eigenvalue weighted by Crippen LogP contribution is -2.39. The zero-order chi connectivity index (χ0) is 8.81. The predicted octanol–water partition coefficient (Wildman–Crippen LogP) is -0.109. The van der Waals surface area contributed by atoms with Gasteiger partial charge in [0.05, 0.1) is 6.61 Å². The van der Waals surface area contributed by atoms with E-state index in [2.05, 4.69) is 5.43 Å². The Labute approximate surface area is 73.4 Å². The summed E-state index contributed by atoms with van der Waals surface area (Å²) in [6.45, 7) is 2.45. The van der Waals surface area contributed by atoms with Crippen molar-refractivity contribution in [2.45, 2.75) is 18.9 Å². The molecular weight excluding hydrogens is 156 g/mol. The molecule has 1 heterocycles. The smallest absolute Gasteiger partial charge is 0.0629 e. The van der Waals surface area contributed by atoms with Gasteiger partial charge in [-0.1, -0.05) is 0 Å². The monoisotopic (exact) mass is 174 g/mol. The molecule has 1 aliphatic rings. The summed E-state index contributed by atoms with van der Waals surface area (Å²) in [6.07, 6.45) is 2.20. The van der Waals surface area contributed by atoms with Gasteiger partial charge in [-0.15, -0.1) is 0 Å². The van der Waals surface area contributed by atoms with E-state index in [-0.39, 0.29) is 6.04 Å². The van der Waals surface area contributed by atoms with Crippen LogP contribution in [-0.2, 0) is 9.47 Å². The molecule has 0 aromatic carbocycles. The quantitative estimate of drug-likeness (QED) is 0.451. The predicted molar refractivity (Wildman–Crippen MR) is 46.5 cm³/mol. The van der Waals surface area contributed by atoms with E-state index in [9.17, 15) is 0 Å². The van der Waals surface area contributed by atoms with E-state index in [1.807, 2.05) is 0 Å². The van der Waals surface area contributed by atoms with Crippen molar-refractivity contribution in [3.8, 4) is 0 Å². The summed E-state index contributed by atoms with van der Waals surface area (Å²) >= 11 is 0. The van der Waals surface area contributed by atoms with Crippen molar-refractivity contribution in [3.63, 3.8) is 0 Å². The molecule has 12 heavy (non-hydrogen) atoms. The van der Waals surface area contributed by atoms with Crippen LogP contribution in [0.25, 0.3) is 0 Å². The first kappa shape index (κ1) is 9.92. The molecule has 0 saturated carbocycles. The number of methoxy groups -OCH3 is 1. The van der Waals surface area contributed by atoms with Crippen LogP contribution in [0.4, 0.5) is 0 Å². The molecule has 4 heteroatoms. The van der Waals surface area contributed by atoms with Crippen molar-refractivity contribution in [3.05, 3.63) is 0 Å². The highest BCUT2D eigenvalue weighted by Crippen LogP contribution is 2.17. The van der Waals surface area contributed by atoms with E-state index in [4.69, 9.17) is 15.3 Å². The maximum atomic E-state index is 5.37. The molecule has 1 rings (SSSR count). The first-order valence-corrected chi connectivity index (χ1v) is 4.39. The Kier molecular flexibility index (Phi) is 4.53. The summed E-state index contributed by atoms with van der Waals surface area (Å²) in [5.74, 6) is 6.02. The zero-order valence-electron chi connectivity index (χ0n) is 7.58. The summed E-state index contributed by atoms with van der Waals surface area (Å²) in [6, 6.07) is 0.265. The first-order valence-electron chi connectivity index (χ1n) is 4.39. The van der Waals surface area contributed by atoms with E-state index in [1.165, 1.54) is 0 Å². The Balaban J connectivity index is 2.16. The third kappa shape index (κ3) is 3.06. The maximum absolute atomic E-state index is 5.37. The molecule has 1 saturated heterocycles. The molecule has 2 unspecified atom stereocenters. The van der Waals surface area contributed by atoms with Gasteiger partial charge in [0.2, 0.25) is 0 Å². The molecule has 0 radical (unpaired) electrons. The van der Waals surface area contributed by atoms with Gasteiger partial charge in [0.1, 0.15) is 0 Å². The van der Waals surface area contributed by atoms with Crippen LogP contribution in [0.5, 0.6) is 0 Å². The number of nitrogens with one attached hydrogen (secondary N) is 1. The number of rotatable bonds is 5. The highest BCUT2D eigenvalue weighted by molar-refractivity contribution is 4.72. The normalized spacial score (nSPS) is 26.0. The Morgan fingerprint density at radius 2 is 2.58 bits per heavy atom. The molecule has 0 aliphatic carbocycles. The summed E-state index contributed by atoms with van der Waals surface area (Å²) in [7, 11) is 1.69. The number of hydrazine groups is 1. The molecule has 1 fully saturated rings. The highest BCUT2D eigenvalue weighted by atomic mass is 16.5. The van der Waals surface area contributed by atoms with Crippen LogP contribution >= 0.6 is 0 Å². The van der Waals surface area contributed by atoms with Crippen LogP contribution in [0.2, 0.25) is 0 Å². The van der Waals surface area contributed by atoms with Crippen LogP contribution in [0.3, 0.4) is 0 Å². The Morgan fingerprint density at radius 3 is 3.08 bits per heavy atom. The lowest BCUT2D eigenvalue weighted by molar-refractivity contribution is 0.145. The van der Waals surface area contributed by atoms with E-state index >= 15 is 0 Å². The van der Waals surface area contributed by atoms with Gasteiger partial charge in [-0.25, -0.2) is 0 Å². The molecule has 0 aromatic rings. The van der Waals surface area contributed by atoms with E-state index in [0.717, 1.165) is 26.1 Å². The topological polar surface area (TPSA) is 56.5 Å². The average molecular weight is 174 g/mol. The van der Waals surface area contributed by atoms with Crippen molar-refractivity contribution >= 4 is 0 Å². The summed E-state index contributed by atoms with van der Waals surface area (Å²) in [5, 5.41) is 0. The van der Waals surface area contributed by atoms with Crippen molar-refractivity contribution in [1.82, 2.24) is 5.43 Å². The van der Waals surface area contributed by atoms with Crippen molar-refractivity contribution in [1.29, 1.82) is 0 Å². The fourth-order valence-electron chi connectivity index (χ4n) is 1.56. The SMILES string of the molecule is COCC(CC1CCOC1)NN. The number of hydrogen-bond donors (Lipinski definition) is 2. The summed E-state index contributed by atoms with van der Waals surface area (Å²) in [5.41, 5.74) is 2.75. The van der Waals surface area contributed by atoms with Crippen molar-refractivity contribution in [2.24, 2.45) is 11.8 Å². The third-order valence-corrected chi connectivity index (χ3v) is 2.25. The molecule has 72 valence electrons. The van der Waals surface area contributed by atoms with Gasteiger partial charge in [-0.2, -0.15) is 0 Å². The number of nitrogens with two attached hydrogens (primary N) is 1. The van der Waals surface area contributed by atoms with Gasteiger partial charge in [0.25, 0.3) is 0 Å². The van der Waals surface area contributed by atoms with Crippen LogP contribution in [0, 0.1) is 5.92 Å². The Hall–Kier alpha value is -0.160. The van der Waals surface area contributed by atoms with Gasteiger partial charge < -0.3 is 9.47 Å². The average Bonchev–Trinajstić information content (AvgIpc) is 2.56. The van der Waals surface area contributed by atoms with Crippen LogP contribution in [0.1, 0.15) is 12.8 Å². The van der Waals surface area contributed by atoms with Gasteiger partial charge in [0.15, 0.2) is 0 Å². The fourth-order valence-corrected chi connectivity index (χ4v) is 1.56. The Morgan fingerprint density at radius 1 is 1.75 bits per heavy atom. The molecule has 3 N–H and O–H groups in total. The Bertz CT molecular complexity index is 116. The second-order valence-corrected chi connectivity index (χ2v) is 3.28. The second-order valence-electron chi connectivity index (χ2n) is 3.28. The molecule has 0 amide bonds. The highest BCUT2D eigenvalue weighted by Gasteiger charge is 2.19. The molecule has 0 bridgehead atoms. The zero-order valence-corrected chi connectivity index (χ0v) is 7.58. The van der Waals surface area contributed by atoms with E-state index in [0.29, 0.717) is 12.5 Å². The molecule has 2 atom stereocenters. The largest absolute Gasteiger partial charge is 0.383 e. The first-order chi connectivity index (χ1) is 5.86. The second kappa shape index (κ2) is 5.48. The molecule has 0 spiro atoms. The summed E-state index contributed by atoms with van der Waals surface area (Å²) < 4.78 is 10.3. The molecule has 0 aromatic heterocycles. The molecule has 4 nitrogen and oxygen atoms in total. The minimum atomic E-state index is 0.265. The minimum absolute atomic E-state index is 0.265. The third-order valence-electron chi connectivity index (χ3n) is 2.25. The van der Waals surface area contributed by atoms with Crippen LogP contribution < -0.4 is 11.3 Å².